The van der Waals surface area contributed by atoms with Crippen molar-refractivity contribution in [1.82, 2.24) is 0 Å². The van der Waals surface area contributed by atoms with Gasteiger partial charge in [0.15, 0.2) is 11.1 Å². The number of ether oxygens (including phenoxy) is 1. The van der Waals surface area contributed by atoms with Gasteiger partial charge < -0.3 is 20.8 Å². The Labute approximate surface area is 154 Å². The molecule has 0 fully saturated rings. The maximum atomic E-state index is 11.3. The zero-order chi connectivity index (χ0) is 19.0. The smallest absolute Gasteiger partial charge is 0.186 e. The molecule has 0 spiro atoms. The minimum atomic E-state index is -2.14. The van der Waals surface area contributed by atoms with Crippen LogP contribution in [0.15, 0.2) is 53.9 Å². The lowest BCUT2D eigenvalue weighted by Crippen LogP contribution is -2.01. The van der Waals surface area contributed by atoms with Crippen LogP contribution in [-0.2, 0) is 11.1 Å². The number of hydrogen-bond acceptors (Lipinski definition) is 4. The van der Waals surface area contributed by atoms with Crippen LogP contribution in [0.3, 0.4) is 0 Å². The van der Waals surface area contributed by atoms with E-state index in [9.17, 15) is 8.76 Å². The first kappa shape index (κ1) is 18.0. The van der Waals surface area contributed by atoms with Crippen LogP contribution in [0, 0.1) is 0 Å². The van der Waals surface area contributed by atoms with Crippen LogP contribution >= 0.6 is 0 Å². The largest absolute Gasteiger partial charge is 0.496 e. The molecule has 0 aliphatic rings. The number of benzene rings is 3. The molecular weight excluding hydrogens is 348 g/mol. The third-order valence-corrected chi connectivity index (χ3v) is 4.95. The molecule has 3 rings (SSSR count). The van der Waals surface area contributed by atoms with E-state index in [1.165, 1.54) is 12.1 Å². The van der Waals surface area contributed by atoms with Crippen molar-refractivity contribution >= 4 is 38.8 Å². The molecule has 0 aliphatic heterocycles. The molecular formula is C20H20N2O3S. The maximum absolute atomic E-state index is 11.3. The van der Waals surface area contributed by atoms with Gasteiger partial charge in [0.05, 0.1) is 12.0 Å². The number of nitrogens with two attached hydrogens (primary N) is 2. The van der Waals surface area contributed by atoms with Crippen molar-refractivity contribution in [2.45, 2.75) is 11.8 Å². The Morgan fingerprint density at radius 2 is 1.77 bits per heavy atom. The van der Waals surface area contributed by atoms with Crippen LogP contribution in [-0.4, -0.2) is 15.9 Å². The van der Waals surface area contributed by atoms with E-state index in [4.69, 9.17) is 16.2 Å². The molecule has 26 heavy (non-hydrogen) atoms. The van der Waals surface area contributed by atoms with Gasteiger partial charge in [-0.25, -0.2) is 4.21 Å². The fourth-order valence-electron chi connectivity index (χ4n) is 3.24. The van der Waals surface area contributed by atoms with E-state index in [0.717, 1.165) is 33.2 Å². The van der Waals surface area contributed by atoms with Gasteiger partial charge in [0, 0.05) is 22.5 Å². The van der Waals surface area contributed by atoms with Gasteiger partial charge in [-0.15, -0.1) is 0 Å². The SMILES string of the molecule is C=C(C)c1c(OC)ccc2c(-c3c(N)cc(S(=O)O)cc3N)cccc12. The molecule has 5 nitrogen and oxygen atoms in total. The second-order valence-electron chi connectivity index (χ2n) is 6.05. The highest BCUT2D eigenvalue weighted by molar-refractivity contribution is 7.79. The monoisotopic (exact) mass is 368 g/mol. The summed E-state index contributed by atoms with van der Waals surface area (Å²) in [6.45, 7) is 5.99. The average Bonchev–Trinajstić information content (AvgIpc) is 2.59. The number of fused-ring (bicyclic) bond motifs is 1. The van der Waals surface area contributed by atoms with Gasteiger partial charge in [0.1, 0.15) is 5.75 Å². The Balaban J connectivity index is 2.36. The summed E-state index contributed by atoms with van der Waals surface area (Å²) in [5.41, 5.74) is 16.3. The van der Waals surface area contributed by atoms with E-state index in [-0.39, 0.29) is 4.90 Å². The van der Waals surface area contributed by atoms with Gasteiger partial charge in [-0.1, -0.05) is 30.8 Å². The summed E-state index contributed by atoms with van der Waals surface area (Å²) in [6.07, 6.45) is 0. The zero-order valence-corrected chi connectivity index (χ0v) is 15.4. The normalized spacial score (nSPS) is 12.1. The predicted molar refractivity (Wildman–Crippen MR) is 109 cm³/mol. The van der Waals surface area contributed by atoms with E-state index in [1.807, 2.05) is 37.3 Å². The zero-order valence-electron chi connectivity index (χ0n) is 14.6. The highest BCUT2D eigenvalue weighted by atomic mass is 32.2. The molecule has 3 aromatic rings. The van der Waals surface area contributed by atoms with Crippen molar-refractivity contribution in [2.75, 3.05) is 18.6 Å². The van der Waals surface area contributed by atoms with Crippen molar-refractivity contribution in [3.8, 4) is 16.9 Å². The number of allylic oxidation sites excluding steroid dienone is 1. The molecule has 0 heterocycles. The molecule has 0 radical (unpaired) electrons. The lowest BCUT2D eigenvalue weighted by Gasteiger charge is -2.17. The molecule has 0 amide bonds. The second kappa shape index (κ2) is 6.82. The van der Waals surface area contributed by atoms with Crippen molar-refractivity contribution in [3.63, 3.8) is 0 Å². The average molecular weight is 368 g/mol. The molecule has 1 unspecified atom stereocenters. The molecule has 0 aromatic heterocycles. The highest BCUT2D eigenvalue weighted by Crippen LogP contribution is 2.41. The molecule has 1 atom stereocenters. The summed E-state index contributed by atoms with van der Waals surface area (Å²) in [7, 11) is 1.63. The minimum absolute atomic E-state index is 0.174. The van der Waals surface area contributed by atoms with E-state index in [0.29, 0.717) is 16.9 Å². The van der Waals surface area contributed by atoms with Gasteiger partial charge in [0.2, 0.25) is 0 Å². The van der Waals surface area contributed by atoms with Gasteiger partial charge in [-0.2, -0.15) is 0 Å². The summed E-state index contributed by atoms with van der Waals surface area (Å²) in [5.74, 6) is 0.745. The maximum Gasteiger partial charge on any atom is 0.186 e. The lowest BCUT2D eigenvalue weighted by molar-refractivity contribution is 0.414. The Bertz CT molecular complexity index is 1040. The Kier molecular flexibility index (Phi) is 4.71. The molecule has 134 valence electrons. The highest BCUT2D eigenvalue weighted by Gasteiger charge is 2.16. The Morgan fingerprint density at radius 3 is 2.31 bits per heavy atom. The summed E-state index contributed by atoms with van der Waals surface area (Å²) in [6, 6.07) is 12.6. The van der Waals surface area contributed by atoms with Gasteiger partial charge >= 0.3 is 0 Å². The standard InChI is InChI=1S/C20H20N2O3S/c1-11(2)19-14-5-4-6-15(13(14)7-8-18(19)25-3)20-16(21)9-12(26(23)24)10-17(20)22/h4-10H,1,21-22H2,2-3H3,(H,23,24). The van der Waals surface area contributed by atoms with E-state index in [1.54, 1.807) is 7.11 Å². The Morgan fingerprint density at radius 1 is 1.12 bits per heavy atom. The number of methoxy groups -OCH3 is 1. The van der Waals surface area contributed by atoms with Crippen molar-refractivity contribution in [1.29, 1.82) is 0 Å². The van der Waals surface area contributed by atoms with Crippen molar-refractivity contribution < 1.29 is 13.5 Å². The first-order valence-corrected chi connectivity index (χ1v) is 9.01. The van der Waals surface area contributed by atoms with Crippen LogP contribution in [0.4, 0.5) is 11.4 Å². The second-order valence-corrected chi connectivity index (χ2v) is 7.02. The number of rotatable bonds is 4. The summed E-state index contributed by atoms with van der Waals surface area (Å²) in [5, 5.41) is 1.92. The first-order chi connectivity index (χ1) is 12.3. The molecule has 0 saturated carbocycles. The molecule has 0 bridgehead atoms. The third kappa shape index (κ3) is 2.94. The fourth-order valence-corrected chi connectivity index (χ4v) is 3.69. The van der Waals surface area contributed by atoms with Crippen molar-refractivity contribution in [3.05, 3.63) is 54.6 Å². The van der Waals surface area contributed by atoms with E-state index >= 15 is 0 Å². The number of nitrogen functional groups attached to an aromatic ring is 2. The molecule has 3 aromatic carbocycles. The molecule has 0 saturated heterocycles. The number of anilines is 2. The Hall–Kier alpha value is -2.83. The van der Waals surface area contributed by atoms with Crippen molar-refractivity contribution in [2.24, 2.45) is 0 Å². The fraction of sp³-hybridized carbons (Fsp3) is 0.100. The topological polar surface area (TPSA) is 98.6 Å². The third-order valence-electron chi connectivity index (χ3n) is 4.31. The molecule has 5 N–H and O–H groups in total. The quantitative estimate of drug-likeness (QED) is 0.471. The summed E-state index contributed by atoms with van der Waals surface area (Å²) >= 11 is -2.14. The van der Waals surface area contributed by atoms with E-state index in [2.05, 4.69) is 6.58 Å². The van der Waals surface area contributed by atoms with Crippen LogP contribution < -0.4 is 16.2 Å². The first-order valence-electron chi connectivity index (χ1n) is 7.91. The minimum Gasteiger partial charge on any atom is -0.496 e. The van der Waals surface area contributed by atoms with Gasteiger partial charge in [-0.3, -0.25) is 0 Å². The molecule has 0 aliphatic carbocycles. The number of hydrogen-bond donors (Lipinski definition) is 3. The van der Waals surface area contributed by atoms with Crippen LogP contribution in [0.1, 0.15) is 12.5 Å². The van der Waals surface area contributed by atoms with Crippen LogP contribution in [0.25, 0.3) is 27.5 Å². The van der Waals surface area contributed by atoms with E-state index < -0.39 is 11.1 Å². The predicted octanol–water partition coefficient (Wildman–Crippen LogP) is 4.29. The summed E-state index contributed by atoms with van der Waals surface area (Å²) in [4.78, 5) is 0.174. The lowest BCUT2D eigenvalue weighted by atomic mass is 9.91. The van der Waals surface area contributed by atoms with Crippen LogP contribution in [0.2, 0.25) is 0 Å². The van der Waals surface area contributed by atoms with Gasteiger partial charge in [-0.05, 0) is 47.0 Å². The summed E-state index contributed by atoms with van der Waals surface area (Å²) < 4.78 is 26.1. The van der Waals surface area contributed by atoms with Crippen LogP contribution in [0.5, 0.6) is 5.75 Å². The van der Waals surface area contributed by atoms with Gasteiger partial charge in [0.25, 0.3) is 0 Å². The molecule has 6 heteroatoms.